The zero-order chi connectivity index (χ0) is 24.1. The number of benzene rings is 2. The van der Waals surface area contributed by atoms with Gasteiger partial charge in [-0.25, -0.2) is 23.3 Å². The molecule has 0 saturated carbocycles. The van der Waals surface area contributed by atoms with E-state index < -0.39 is 11.6 Å². The highest BCUT2D eigenvalue weighted by Gasteiger charge is 2.26. The fourth-order valence-electron chi connectivity index (χ4n) is 4.54. The number of carbonyl (C=O) groups excluding carboxylic acids is 1. The van der Waals surface area contributed by atoms with E-state index in [1.165, 1.54) is 12.4 Å². The minimum atomic E-state index is -0.741. The minimum Gasteiger partial charge on any atom is -0.382 e. The monoisotopic (exact) mass is 474 g/mol. The molecule has 0 aliphatic carbocycles. The van der Waals surface area contributed by atoms with Crippen molar-refractivity contribution in [2.24, 2.45) is 0 Å². The molecule has 1 fully saturated rings. The molecule has 4 N–H and O–H groups in total. The summed E-state index contributed by atoms with van der Waals surface area (Å²) in [7, 11) is 0. The van der Waals surface area contributed by atoms with Crippen LogP contribution < -0.4 is 11.1 Å². The molecule has 2 aromatic carbocycles. The number of hydrogen-bond donors (Lipinski definition) is 3. The molecule has 1 amide bonds. The fourth-order valence-corrected chi connectivity index (χ4v) is 4.54. The van der Waals surface area contributed by atoms with E-state index >= 15 is 0 Å². The number of nitrogens with two attached hydrogens (primary N) is 1. The molecule has 35 heavy (non-hydrogen) atoms. The van der Waals surface area contributed by atoms with Crippen molar-refractivity contribution < 1.29 is 13.6 Å². The number of rotatable bonds is 4. The highest BCUT2D eigenvalue weighted by molar-refractivity contribution is 6.07. The molecule has 11 heteroatoms. The number of nitrogen functional groups attached to an aromatic ring is 1. The van der Waals surface area contributed by atoms with Gasteiger partial charge in [-0.15, -0.1) is 0 Å². The number of nitrogens with zero attached hydrogens (tertiary/aromatic N) is 5. The van der Waals surface area contributed by atoms with Gasteiger partial charge in [0.25, 0.3) is 5.91 Å². The molecule has 1 saturated heterocycles. The normalized spacial score (nSPS) is 13.7. The van der Waals surface area contributed by atoms with Gasteiger partial charge in [-0.1, -0.05) is 12.1 Å². The molecule has 3 aromatic heterocycles. The van der Waals surface area contributed by atoms with E-state index in [0.29, 0.717) is 22.3 Å². The molecule has 5 aromatic rings. The molecule has 0 atom stereocenters. The number of imidazole rings is 1. The van der Waals surface area contributed by atoms with Crippen LogP contribution in [-0.2, 0) is 0 Å². The van der Waals surface area contributed by atoms with Gasteiger partial charge in [0.2, 0.25) is 5.95 Å². The van der Waals surface area contributed by atoms with E-state index in [1.54, 1.807) is 22.8 Å². The lowest BCUT2D eigenvalue weighted by Gasteiger charge is -2.15. The summed E-state index contributed by atoms with van der Waals surface area (Å²) in [6, 6.07) is 9.26. The van der Waals surface area contributed by atoms with E-state index in [0.717, 1.165) is 37.6 Å². The molecule has 1 aliphatic heterocycles. The van der Waals surface area contributed by atoms with Crippen LogP contribution in [-0.4, -0.2) is 48.5 Å². The molecular formula is C24H20F2N8O. The molecule has 6 rings (SSSR count). The first-order valence-corrected chi connectivity index (χ1v) is 11.1. The van der Waals surface area contributed by atoms with Crippen LogP contribution in [0.5, 0.6) is 0 Å². The predicted octanol–water partition coefficient (Wildman–Crippen LogP) is 4.11. The van der Waals surface area contributed by atoms with Crippen LogP contribution in [0.15, 0.2) is 48.9 Å². The van der Waals surface area contributed by atoms with Crippen LogP contribution in [0.3, 0.4) is 0 Å². The highest BCUT2D eigenvalue weighted by Crippen LogP contribution is 2.34. The van der Waals surface area contributed by atoms with Gasteiger partial charge in [-0.3, -0.25) is 4.79 Å². The van der Waals surface area contributed by atoms with Gasteiger partial charge in [-0.05, 0) is 36.6 Å². The summed E-state index contributed by atoms with van der Waals surface area (Å²) in [4.78, 5) is 26.3. The van der Waals surface area contributed by atoms with Gasteiger partial charge in [0, 0.05) is 36.6 Å². The van der Waals surface area contributed by atoms with E-state index in [4.69, 9.17) is 5.73 Å². The number of aromatic amines is 1. The maximum Gasteiger partial charge on any atom is 0.256 e. The lowest BCUT2D eigenvalue weighted by Crippen LogP contribution is -2.27. The van der Waals surface area contributed by atoms with Crippen molar-refractivity contribution in [3.05, 3.63) is 66.1 Å². The topological polar surface area (TPSA) is 117 Å². The third-order valence-corrected chi connectivity index (χ3v) is 6.17. The SMILES string of the molecule is Nc1ncnn2cc(C(=O)N3CCCC3)c(-c3ccc(Nc4nc5c(F)cc(F)cc5[nH]4)cc3)c12. The van der Waals surface area contributed by atoms with Gasteiger partial charge in [0.05, 0.1) is 11.1 Å². The van der Waals surface area contributed by atoms with Crippen molar-refractivity contribution in [2.75, 3.05) is 24.1 Å². The summed E-state index contributed by atoms with van der Waals surface area (Å²) >= 11 is 0. The van der Waals surface area contributed by atoms with Crippen molar-refractivity contribution in [1.29, 1.82) is 0 Å². The quantitative estimate of drug-likeness (QED) is 0.361. The van der Waals surface area contributed by atoms with Crippen LogP contribution in [0.2, 0.25) is 0 Å². The molecule has 0 unspecified atom stereocenters. The Morgan fingerprint density at radius 2 is 1.89 bits per heavy atom. The Morgan fingerprint density at radius 1 is 1.11 bits per heavy atom. The van der Waals surface area contributed by atoms with Crippen LogP contribution in [0, 0.1) is 11.6 Å². The molecule has 0 spiro atoms. The van der Waals surface area contributed by atoms with E-state index in [9.17, 15) is 13.6 Å². The van der Waals surface area contributed by atoms with Gasteiger partial charge in [-0.2, -0.15) is 5.10 Å². The minimum absolute atomic E-state index is 0.0475. The van der Waals surface area contributed by atoms with E-state index in [-0.39, 0.29) is 28.7 Å². The second-order valence-electron chi connectivity index (χ2n) is 8.43. The zero-order valence-electron chi connectivity index (χ0n) is 18.4. The maximum absolute atomic E-state index is 14.0. The number of hydrogen-bond acceptors (Lipinski definition) is 6. The highest BCUT2D eigenvalue weighted by atomic mass is 19.1. The first-order chi connectivity index (χ1) is 17.0. The van der Waals surface area contributed by atoms with Gasteiger partial charge < -0.3 is 20.9 Å². The Hall–Kier alpha value is -4.54. The van der Waals surface area contributed by atoms with Gasteiger partial charge in [0.1, 0.15) is 23.2 Å². The van der Waals surface area contributed by atoms with Crippen molar-refractivity contribution in [3.63, 3.8) is 0 Å². The number of anilines is 3. The molecule has 176 valence electrons. The third kappa shape index (κ3) is 3.61. The lowest BCUT2D eigenvalue weighted by atomic mass is 10.0. The van der Waals surface area contributed by atoms with Crippen molar-refractivity contribution in [1.82, 2.24) is 29.5 Å². The molecular weight excluding hydrogens is 454 g/mol. The first-order valence-electron chi connectivity index (χ1n) is 11.1. The summed E-state index contributed by atoms with van der Waals surface area (Å²) in [5.74, 6) is -0.948. The Labute approximate surface area is 197 Å². The molecule has 0 bridgehead atoms. The van der Waals surface area contributed by atoms with Crippen LogP contribution in [0.25, 0.3) is 27.7 Å². The number of H-pyrrole nitrogens is 1. The zero-order valence-corrected chi connectivity index (χ0v) is 18.4. The summed E-state index contributed by atoms with van der Waals surface area (Å²) < 4.78 is 29.0. The van der Waals surface area contributed by atoms with E-state index in [2.05, 4.69) is 25.4 Å². The Morgan fingerprint density at radius 3 is 2.66 bits per heavy atom. The molecule has 0 radical (unpaired) electrons. The third-order valence-electron chi connectivity index (χ3n) is 6.17. The number of carbonyl (C=O) groups is 1. The number of likely N-dealkylation sites (tertiary alicyclic amines) is 1. The summed E-state index contributed by atoms with van der Waals surface area (Å²) in [5, 5.41) is 7.30. The predicted molar refractivity (Wildman–Crippen MR) is 127 cm³/mol. The number of halogens is 2. The van der Waals surface area contributed by atoms with E-state index in [1.807, 2.05) is 17.0 Å². The second kappa shape index (κ2) is 8.05. The largest absolute Gasteiger partial charge is 0.382 e. The molecule has 1 aliphatic rings. The number of amides is 1. The summed E-state index contributed by atoms with van der Waals surface area (Å²) in [5.41, 5.74) is 9.63. The number of nitrogens with one attached hydrogen (secondary N) is 2. The standard InChI is InChI=1S/C24H20F2N8O/c25-14-9-17(26)20-18(10-14)31-24(32-20)30-15-5-3-13(4-6-15)19-16(23(35)33-7-1-2-8-33)11-34-21(19)22(27)28-12-29-34/h3-6,9-12H,1-2,7-8H2,(H2,27,28,29)(H2,30,31,32). The molecule has 4 heterocycles. The number of fused-ring (bicyclic) bond motifs is 2. The van der Waals surface area contributed by atoms with Gasteiger partial charge >= 0.3 is 0 Å². The molecule has 9 nitrogen and oxygen atoms in total. The summed E-state index contributed by atoms with van der Waals surface area (Å²) in [6.07, 6.45) is 5.01. The van der Waals surface area contributed by atoms with Crippen LogP contribution in [0.4, 0.5) is 26.2 Å². The summed E-state index contributed by atoms with van der Waals surface area (Å²) in [6.45, 7) is 1.44. The maximum atomic E-state index is 14.0. The average molecular weight is 474 g/mol. The first kappa shape index (κ1) is 21.0. The fraction of sp³-hybridized carbons (Fsp3) is 0.167. The smallest absolute Gasteiger partial charge is 0.256 e. The lowest BCUT2D eigenvalue weighted by molar-refractivity contribution is 0.0793. The van der Waals surface area contributed by atoms with Crippen molar-refractivity contribution in [3.8, 4) is 11.1 Å². The van der Waals surface area contributed by atoms with Gasteiger partial charge in [0.15, 0.2) is 11.6 Å². The van der Waals surface area contributed by atoms with Crippen molar-refractivity contribution in [2.45, 2.75) is 12.8 Å². The van der Waals surface area contributed by atoms with Crippen LogP contribution >= 0.6 is 0 Å². The Balaban J connectivity index is 1.37. The Kier molecular flexibility index (Phi) is 4.83. The Bertz CT molecular complexity index is 1590. The number of aromatic nitrogens is 5. The second-order valence-corrected chi connectivity index (χ2v) is 8.43. The van der Waals surface area contributed by atoms with Crippen LogP contribution in [0.1, 0.15) is 23.2 Å². The average Bonchev–Trinajstić information content (AvgIpc) is 3.58. The van der Waals surface area contributed by atoms with Crippen molar-refractivity contribution >= 4 is 39.9 Å².